The molecule has 9 heteroatoms. The third-order valence-corrected chi connectivity index (χ3v) is 3.59. The molecule has 3 rings (SSSR count). The Morgan fingerprint density at radius 2 is 1.85 bits per heavy atom. The number of hydrogen-bond donors (Lipinski definition) is 2. The van der Waals surface area contributed by atoms with Crippen molar-refractivity contribution in [3.63, 3.8) is 0 Å². The van der Waals surface area contributed by atoms with E-state index in [1.54, 1.807) is 30.3 Å². The minimum Gasteiger partial charge on any atom is -0.486 e. The van der Waals surface area contributed by atoms with Gasteiger partial charge < -0.3 is 19.5 Å². The summed E-state index contributed by atoms with van der Waals surface area (Å²) in [7, 11) is 0. The van der Waals surface area contributed by atoms with Crippen molar-refractivity contribution in [1.82, 2.24) is 5.32 Å². The van der Waals surface area contributed by atoms with Crippen molar-refractivity contribution < 1.29 is 27.8 Å². The highest BCUT2D eigenvalue weighted by Crippen LogP contribution is 2.30. The number of rotatable bonds is 4. The molecule has 0 unspecified atom stereocenters. The number of thiocarbonyl (C=S) groups is 1. The second-order valence-electron chi connectivity index (χ2n) is 5.14. The molecule has 136 valence electrons. The summed E-state index contributed by atoms with van der Waals surface area (Å²) in [5.74, 6) is 0.468. The molecule has 0 atom stereocenters. The fourth-order valence-electron chi connectivity index (χ4n) is 2.28. The number of ether oxygens (including phenoxy) is 3. The van der Waals surface area contributed by atoms with Gasteiger partial charge in [0.2, 0.25) is 0 Å². The number of amides is 1. The summed E-state index contributed by atoms with van der Waals surface area (Å²) >= 11 is 5.06. The number of alkyl halides is 2. The van der Waals surface area contributed by atoms with Crippen LogP contribution in [0.4, 0.5) is 14.5 Å². The zero-order chi connectivity index (χ0) is 18.5. The van der Waals surface area contributed by atoms with Gasteiger partial charge in [-0.3, -0.25) is 10.1 Å². The molecule has 1 heterocycles. The van der Waals surface area contributed by atoms with Crippen molar-refractivity contribution in [2.24, 2.45) is 0 Å². The normalized spacial score (nSPS) is 12.4. The van der Waals surface area contributed by atoms with Gasteiger partial charge in [0.05, 0.1) is 5.69 Å². The van der Waals surface area contributed by atoms with E-state index >= 15 is 0 Å². The van der Waals surface area contributed by atoms with Crippen molar-refractivity contribution in [1.29, 1.82) is 0 Å². The van der Waals surface area contributed by atoms with Crippen molar-refractivity contribution >= 4 is 28.9 Å². The van der Waals surface area contributed by atoms with Gasteiger partial charge >= 0.3 is 6.61 Å². The number of carbonyl (C=O) groups is 1. The van der Waals surface area contributed by atoms with Crippen molar-refractivity contribution in [3.05, 3.63) is 48.0 Å². The maximum atomic E-state index is 12.4. The molecule has 2 aromatic rings. The van der Waals surface area contributed by atoms with E-state index in [-0.39, 0.29) is 16.5 Å². The first-order valence-corrected chi connectivity index (χ1v) is 7.99. The lowest BCUT2D eigenvalue weighted by Gasteiger charge is -2.19. The third kappa shape index (κ3) is 4.37. The molecular weight excluding hydrogens is 366 g/mol. The molecule has 0 radical (unpaired) electrons. The molecule has 26 heavy (non-hydrogen) atoms. The van der Waals surface area contributed by atoms with Gasteiger partial charge in [-0.05, 0) is 42.5 Å². The predicted molar refractivity (Wildman–Crippen MR) is 94.2 cm³/mol. The Morgan fingerprint density at radius 1 is 1.12 bits per heavy atom. The second kappa shape index (κ2) is 7.96. The minimum atomic E-state index is -2.97. The van der Waals surface area contributed by atoms with Crippen LogP contribution in [0.25, 0.3) is 0 Å². The SMILES string of the molecule is O=C(NC(=S)Nc1ccccc1OC(F)F)c1ccc2c(c1)OCCO2. The average Bonchev–Trinajstić information content (AvgIpc) is 2.62. The van der Waals surface area contributed by atoms with E-state index in [1.807, 2.05) is 0 Å². The Balaban J connectivity index is 1.66. The highest BCUT2D eigenvalue weighted by atomic mass is 32.1. The quantitative estimate of drug-likeness (QED) is 0.794. The third-order valence-electron chi connectivity index (χ3n) is 3.38. The zero-order valence-corrected chi connectivity index (χ0v) is 14.1. The Hall–Kier alpha value is -2.94. The first-order valence-electron chi connectivity index (χ1n) is 7.59. The molecule has 1 aliphatic heterocycles. The summed E-state index contributed by atoms with van der Waals surface area (Å²) < 4.78 is 40.1. The number of fused-ring (bicyclic) bond motifs is 1. The summed E-state index contributed by atoms with van der Waals surface area (Å²) in [5.41, 5.74) is 0.524. The number of hydrogen-bond acceptors (Lipinski definition) is 5. The van der Waals surface area contributed by atoms with Crippen LogP contribution in [-0.2, 0) is 0 Å². The van der Waals surface area contributed by atoms with E-state index in [0.717, 1.165) is 0 Å². The standard InChI is InChI=1S/C17H14F2N2O4S/c18-16(19)25-12-4-2-1-3-11(12)20-17(26)21-15(22)10-5-6-13-14(9-10)24-8-7-23-13/h1-6,9,16H,7-8H2,(H2,20,21,22,26). The van der Waals surface area contributed by atoms with E-state index in [0.29, 0.717) is 30.3 Å². The maximum absolute atomic E-state index is 12.4. The van der Waals surface area contributed by atoms with Gasteiger partial charge in [-0.15, -0.1) is 0 Å². The minimum absolute atomic E-state index is 0.0600. The Labute approximate surface area is 153 Å². The summed E-state index contributed by atoms with van der Waals surface area (Å²) in [6, 6.07) is 10.8. The van der Waals surface area contributed by atoms with E-state index in [2.05, 4.69) is 15.4 Å². The van der Waals surface area contributed by atoms with Gasteiger partial charge in [-0.1, -0.05) is 12.1 Å². The molecule has 2 N–H and O–H groups in total. The highest BCUT2D eigenvalue weighted by Gasteiger charge is 2.16. The number of nitrogens with one attached hydrogen (secondary N) is 2. The monoisotopic (exact) mass is 380 g/mol. The van der Waals surface area contributed by atoms with Gasteiger partial charge in [0.15, 0.2) is 16.6 Å². The predicted octanol–water partition coefficient (Wildman–Crippen LogP) is 3.19. The summed E-state index contributed by atoms with van der Waals surface area (Å²) in [5, 5.41) is 5.08. The molecule has 0 bridgehead atoms. The fraction of sp³-hybridized carbons (Fsp3) is 0.176. The van der Waals surface area contributed by atoms with E-state index in [4.69, 9.17) is 21.7 Å². The Morgan fingerprint density at radius 3 is 2.62 bits per heavy atom. The van der Waals surface area contributed by atoms with E-state index < -0.39 is 12.5 Å². The molecule has 0 spiro atoms. The summed E-state index contributed by atoms with van der Waals surface area (Å²) in [4.78, 5) is 12.3. The van der Waals surface area contributed by atoms with Crippen LogP contribution in [0.3, 0.4) is 0 Å². The van der Waals surface area contributed by atoms with E-state index in [9.17, 15) is 13.6 Å². The lowest BCUT2D eigenvalue weighted by molar-refractivity contribution is -0.0493. The molecule has 0 fully saturated rings. The molecule has 6 nitrogen and oxygen atoms in total. The van der Waals surface area contributed by atoms with Gasteiger partial charge in [0.25, 0.3) is 5.91 Å². The van der Waals surface area contributed by atoms with Crippen LogP contribution in [0.2, 0.25) is 0 Å². The van der Waals surface area contributed by atoms with Crippen LogP contribution in [0.1, 0.15) is 10.4 Å². The highest BCUT2D eigenvalue weighted by molar-refractivity contribution is 7.80. The van der Waals surface area contributed by atoms with Crippen LogP contribution in [0, 0.1) is 0 Å². The van der Waals surface area contributed by atoms with Crippen LogP contribution in [0.15, 0.2) is 42.5 Å². The summed E-state index contributed by atoms with van der Waals surface area (Å²) in [6.45, 7) is -2.12. The van der Waals surface area contributed by atoms with Crippen LogP contribution in [0.5, 0.6) is 17.2 Å². The zero-order valence-electron chi connectivity index (χ0n) is 13.3. The van der Waals surface area contributed by atoms with Gasteiger partial charge in [0.1, 0.15) is 19.0 Å². The molecule has 0 aliphatic carbocycles. The average molecular weight is 380 g/mol. The van der Waals surface area contributed by atoms with Gasteiger partial charge in [-0.25, -0.2) is 0 Å². The lowest BCUT2D eigenvalue weighted by atomic mass is 10.2. The Kier molecular flexibility index (Phi) is 5.47. The number of para-hydroxylation sites is 2. The lowest BCUT2D eigenvalue weighted by Crippen LogP contribution is -2.34. The molecule has 2 aromatic carbocycles. The van der Waals surface area contributed by atoms with Gasteiger partial charge in [0, 0.05) is 5.56 Å². The first-order chi connectivity index (χ1) is 12.5. The maximum Gasteiger partial charge on any atom is 0.387 e. The largest absolute Gasteiger partial charge is 0.486 e. The fourth-order valence-corrected chi connectivity index (χ4v) is 2.48. The van der Waals surface area contributed by atoms with Crippen molar-refractivity contribution in [3.8, 4) is 17.2 Å². The molecule has 0 saturated carbocycles. The van der Waals surface area contributed by atoms with Crippen molar-refractivity contribution in [2.75, 3.05) is 18.5 Å². The smallest absolute Gasteiger partial charge is 0.387 e. The Bertz CT molecular complexity index is 832. The molecule has 1 aliphatic rings. The topological polar surface area (TPSA) is 68.8 Å². The van der Waals surface area contributed by atoms with E-state index in [1.165, 1.54) is 12.1 Å². The summed E-state index contributed by atoms with van der Waals surface area (Å²) in [6.07, 6.45) is 0. The first kappa shape index (κ1) is 17.9. The number of carbonyl (C=O) groups excluding carboxylic acids is 1. The molecule has 0 saturated heterocycles. The van der Waals surface area contributed by atoms with Crippen LogP contribution in [-0.4, -0.2) is 30.8 Å². The number of halogens is 2. The second-order valence-corrected chi connectivity index (χ2v) is 5.55. The number of anilines is 1. The van der Waals surface area contributed by atoms with Crippen molar-refractivity contribution in [2.45, 2.75) is 6.61 Å². The molecule has 0 aromatic heterocycles. The molecule has 1 amide bonds. The molecular formula is C17H14F2N2O4S. The van der Waals surface area contributed by atoms with Crippen LogP contribution >= 0.6 is 12.2 Å². The van der Waals surface area contributed by atoms with Crippen LogP contribution < -0.4 is 24.8 Å². The number of benzene rings is 2. The van der Waals surface area contributed by atoms with Gasteiger partial charge in [-0.2, -0.15) is 8.78 Å².